The fourth-order valence-corrected chi connectivity index (χ4v) is 5.31. The van der Waals surface area contributed by atoms with E-state index in [0.717, 1.165) is 32.1 Å². The van der Waals surface area contributed by atoms with Gasteiger partial charge in [-0.25, -0.2) is 0 Å². The van der Waals surface area contributed by atoms with E-state index in [0.29, 0.717) is 17.8 Å². The molecule has 19 heavy (non-hydrogen) atoms. The Bertz CT molecular complexity index is 372. The third-order valence-electron chi connectivity index (χ3n) is 5.95. The molecule has 0 aromatic carbocycles. The molecule has 2 nitrogen and oxygen atoms in total. The first kappa shape index (κ1) is 14.9. The van der Waals surface area contributed by atoms with E-state index in [-0.39, 0.29) is 16.9 Å². The maximum atomic E-state index is 10.3. The highest BCUT2D eigenvalue weighted by atomic mass is 16.3. The first-order valence-corrected chi connectivity index (χ1v) is 7.93. The SMILES string of the molecule is CC(C)CC(C)(C#N)[C@H]1CC[C@H]2[C@@H](O)CCC[C@]12C. The van der Waals surface area contributed by atoms with Gasteiger partial charge >= 0.3 is 0 Å². The van der Waals surface area contributed by atoms with Crippen molar-refractivity contribution in [3.05, 3.63) is 0 Å². The van der Waals surface area contributed by atoms with Crippen molar-refractivity contribution in [1.29, 1.82) is 5.26 Å². The summed E-state index contributed by atoms with van der Waals surface area (Å²) in [7, 11) is 0. The van der Waals surface area contributed by atoms with Gasteiger partial charge in [0.2, 0.25) is 0 Å². The fourth-order valence-electron chi connectivity index (χ4n) is 5.31. The maximum absolute atomic E-state index is 10.3. The molecule has 0 spiro atoms. The second-order valence-corrected chi connectivity index (χ2v) is 7.83. The van der Waals surface area contributed by atoms with Crippen molar-refractivity contribution in [1.82, 2.24) is 0 Å². The Balaban J connectivity index is 2.28. The lowest BCUT2D eigenvalue weighted by molar-refractivity contribution is -0.0392. The van der Waals surface area contributed by atoms with Gasteiger partial charge in [0, 0.05) is 0 Å². The number of nitrogens with zero attached hydrogens (tertiary/aromatic N) is 1. The topological polar surface area (TPSA) is 44.0 Å². The van der Waals surface area contributed by atoms with Gasteiger partial charge in [0.25, 0.3) is 0 Å². The van der Waals surface area contributed by atoms with Crippen molar-refractivity contribution in [2.75, 3.05) is 0 Å². The summed E-state index contributed by atoms with van der Waals surface area (Å²) < 4.78 is 0. The molecule has 0 bridgehead atoms. The van der Waals surface area contributed by atoms with Gasteiger partial charge in [-0.05, 0) is 62.2 Å². The summed E-state index contributed by atoms with van der Waals surface area (Å²) in [5.74, 6) is 1.43. The molecule has 1 unspecified atom stereocenters. The average Bonchev–Trinajstić information content (AvgIpc) is 2.67. The molecule has 5 atom stereocenters. The molecule has 0 saturated heterocycles. The van der Waals surface area contributed by atoms with Crippen LogP contribution in [0.3, 0.4) is 0 Å². The normalized spacial score (nSPS) is 41.6. The third-order valence-corrected chi connectivity index (χ3v) is 5.95. The molecule has 0 aliphatic heterocycles. The Morgan fingerprint density at radius 2 is 2.05 bits per heavy atom. The molecular weight excluding hydrogens is 234 g/mol. The van der Waals surface area contributed by atoms with Gasteiger partial charge < -0.3 is 5.11 Å². The molecule has 0 aromatic rings. The minimum absolute atomic E-state index is 0.134. The van der Waals surface area contributed by atoms with E-state index in [4.69, 9.17) is 0 Å². The molecule has 0 aromatic heterocycles. The van der Waals surface area contributed by atoms with E-state index in [1.807, 2.05) is 0 Å². The summed E-state index contributed by atoms with van der Waals surface area (Å²) in [6, 6.07) is 2.64. The van der Waals surface area contributed by atoms with Crippen LogP contribution in [0.2, 0.25) is 0 Å². The zero-order valence-corrected chi connectivity index (χ0v) is 12.9. The number of rotatable bonds is 3. The molecule has 2 aliphatic carbocycles. The van der Waals surface area contributed by atoms with Gasteiger partial charge in [-0.1, -0.05) is 27.2 Å². The highest BCUT2D eigenvalue weighted by Crippen LogP contribution is 2.61. The Hall–Kier alpha value is -0.550. The van der Waals surface area contributed by atoms with Crippen molar-refractivity contribution >= 4 is 0 Å². The lowest BCUT2D eigenvalue weighted by Crippen LogP contribution is -2.44. The van der Waals surface area contributed by atoms with E-state index >= 15 is 0 Å². The summed E-state index contributed by atoms with van der Waals surface area (Å²) in [6.07, 6.45) is 6.34. The Kier molecular flexibility index (Phi) is 3.98. The molecule has 1 N–H and O–H groups in total. The molecule has 0 heterocycles. The molecule has 108 valence electrons. The first-order chi connectivity index (χ1) is 8.83. The van der Waals surface area contributed by atoms with Crippen LogP contribution in [0, 0.1) is 39.9 Å². The molecule has 2 aliphatic rings. The molecule has 2 fully saturated rings. The lowest BCUT2D eigenvalue weighted by Gasteiger charge is -2.47. The summed E-state index contributed by atoms with van der Waals surface area (Å²) in [5, 5.41) is 20.1. The number of hydrogen-bond donors (Lipinski definition) is 1. The van der Waals surface area contributed by atoms with Crippen molar-refractivity contribution in [3.63, 3.8) is 0 Å². The van der Waals surface area contributed by atoms with Crippen LogP contribution >= 0.6 is 0 Å². The highest BCUT2D eigenvalue weighted by molar-refractivity contribution is 5.11. The number of aliphatic hydroxyl groups is 1. The molecule has 0 amide bonds. The van der Waals surface area contributed by atoms with Crippen LogP contribution in [-0.2, 0) is 0 Å². The van der Waals surface area contributed by atoms with Gasteiger partial charge in [0.15, 0.2) is 0 Å². The summed E-state index contributed by atoms with van der Waals surface area (Å²) in [6.45, 7) is 8.92. The summed E-state index contributed by atoms with van der Waals surface area (Å²) >= 11 is 0. The monoisotopic (exact) mass is 263 g/mol. The molecule has 2 heteroatoms. The van der Waals surface area contributed by atoms with Crippen molar-refractivity contribution in [2.24, 2.45) is 28.6 Å². The first-order valence-electron chi connectivity index (χ1n) is 7.93. The van der Waals surface area contributed by atoms with E-state index in [2.05, 4.69) is 33.8 Å². The number of fused-ring (bicyclic) bond motifs is 1. The van der Waals surface area contributed by atoms with E-state index in [1.165, 1.54) is 6.42 Å². The molecule has 0 radical (unpaired) electrons. The smallest absolute Gasteiger partial charge is 0.0690 e. The zero-order chi connectivity index (χ0) is 14.3. The quantitative estimate of drug-likeness (QED) is 0.831. The van der Waals surface area contributed by atoms with E-state index < -0.39 is 0 Å². The largest absolute Gasteiger partial charge is 0.393 e. The average molecular weight is 263 g/mol. The predicted molar refractivity (Wildman–Crippen MR) is 77.4 cm³/mol. The Morgan fingerprint density at radius 1 is 1.37 bits per heavy atom. The third kappa shape index (κ3) is 2.42. The van der Waals surface area contributed by atoms with Crippen molar-refractivity contribution in [2.45, 2.75) is 72.3 Å². The molecule has 2 saturated carbocycles. The van der Waals surface area contributed by atoms with Crippen molar-refractivity contribution in [3.8, 4) is 6.07 Å². The minimum atomic E-state index is -0.227. The molecule has 2 rings (SSSR count). The summed E-state index contributed by atoms with van der Waals surface area (Å²) in [4.78, 5) is 0. The lowest BCUT2D eigenvalue weighted by atomic mass is 9.56. The highest BCUT2D eigenvalue weighted by Gasteiger charge is 2.56. The standard InChI is InChI=1S/C17H29NO/c1-12(2)10-16(3,11-18)15-8-7-13-14(19)6-5-9-17(13,15)4/h12-15,19H,5-10H2,1-4H3/t13-,14-,15+,16?,17-/m0/s1. The number of hydrogen-bond acceptors (Lipinski definition) is 2. The number of aliphatic hydroxyl groups excluding tert-OH is 1. The maximum Gasteiger partial charge on any atom is 0.0690 e. The Labute approximate surface area is 118 Å². The molecular formula is C17H29NO. The van der Waals surface area contributed by atoms with Crippen LogP contribution in [0.4, 0.5) is 0 Å². The van der Waals surface area contributed by atoms with Gasteiger partial charge in [-0.15, -0.1) is 0 Å². The van der Waals surface area contributed by atoms with E-state index in [1.54, 1.807) is 0 Å². The van der Waals surface area contributed by atoms with Crippen LogP contribution in [-0.4, -0.2) is 11.2 Å². The van der Waals surface area contributed by atoms with Crippen molar-refractivity contribution < 1.29 is 5.11 Å². The van der Waals surface area contributed by atoms with E-state index in [9.17, 15) is 10.4 Å². The second kappa shape index (κ2) is 5.09. The van der Waals surface area contributed by atoms with Crippen LogP contribution < -0.4 is 0 Å². The van der Waals surface area contributed by atoms with Crippen LogP contribution in [0.15, 0.2) is 0 Å². The van der Waals surface area contributed by atoms with Crippen LogP contribution in [0.5, 0.6) is 0 Å². The summed E-state index contributed by atoms with van der Waals surface area (Å²) in [5.41, 5.74) is -0.0498. The second-order valence-electron chi connectivity index (χ2n) is 7.83. The van der Waals surface area contributed by atoms with Crippen LogP contribution in [0.1, 0.15) is 66.2 Å². The van der Waals surface area contributed by atoms with Gasteiger partial charge in [0.1, 0.15) is 0 Å². The number of nitriles is 1. The zero-order valence-electron chi connectivity index (χ0n) is 12.9. The van der Waals surface area contributed by atoms with Gasteiger partial charge in [-0.2, -0.15) is 5.26 Å². The van der Waals surface area contributed by atoms with Gasteiger partial charge in [0.05, 0.1) is 17.6 Å². The van der Waals surface area contributed by atoms with Gasteiger partial charge in [-0.3, -0.25) is 0 Å². The Morgan fingerprint density at radius 3 is 2.63 bits per heavy atom. The van der Waals surface area contributed by atoms with Crippen LogP contribution in [0.25, 0.3) is 0 Å². The minimum Gasteiger partial charge on any atom is -0.393 e. The predicted octanol–water partition coefficient (Wildman–Crippen LogP) is 4.14. The fraction of sp³-hybridized carbons (Fsp3) is 0.941.